The van der Waals surface area contributed by atoms with E-state index in [9.17, 15) is 13.2 Å². The summed E-state index contributed by atoms with van der Waals surface area (Å²) in [6.45, 7) is 2.57. The zero-order valence-corrected chi connectivity index (χ0v) is 10.9. The molecule has 1 aliphatic heterocycles. The molecule has 2 atom stereocenters. The highest BCUT2D eigenvalue weighted by Crippen LogP contribution is 2.21. The SMILES string of the molecule is CCC(CN)S(=O)(=O)N1CCCC(C(N)=O)C1. The number of primary amides is 1. The van der Waals surface area contributed by atoms with Gasteiger partial charge in [0.05, 0.1) is 11.2 Å². The molecule has 1 heterocycles. The number of nitrogens with two attached hydrogens (primary N) is 2. The predicted octanol–water partition coefficient (Wildman–Crippen LogP) is -0.749. The third-order valence-electron chi connectivity index (χ3n) is 3.29. The van der Waals surface area contributed by atoms with Gasteiger partial charge in [0.25, 0.3) is 0 Å². The van der Waals surface area contributed by atoms with Crippen molar-refractivity contribution < 1.29 is 13.2 Å². The monoisotopic (exact) mass is 263 g/mol. The van der Waals surface area contributed by atoms with Gasteiger partial charge in [-0.05, 0) is 19.3 Å². The second-order valence-electron chi connectivity index (χ2n) is 4.41. The molecule has 6 nitrogen and oxygen atoms in total. The molecule has 17 heavy (non-hydrogen) atoms. The molecule has 100 valence electrons. The number of sulfonamides is 1. The van der Waals surface area contributed by atoms with Crippen molar-refractivity contribution in [3.05, 3.63) is 0 Å². The molecule has 1 amide bonds. The van der Waals surface area contributed by atoms with E-state index in [-0.39, 0.29) is 19.0 Å². The number of amides is 1. The molecule has 7 heteroatoms. The molecule has 0 aromatic rings. The zero-order chi connectivity index (χ0) is 13.1. The lowest BCUT2D eigenvalue weighted by Gasteiger charge is -2.32. The Morgan fingerprint density at radius 3 is 2.65 bits per heavy atom. The topological polar surface area (TPSA) is 106 Å². The minimum atomic E-state index is -3.39. The summed E-state index contributed by atoms with van der Waals surface area (Å²) in [4.78, 5) is 11.1. The van der Waals surface area contributed by atoms with Crippen LogP contribution >= 0.6 is 0 Å². The minimum absolute atomic E-state index is 0.108. The van der Waals surface area contributed by atoms with Crippen LogP contribution < -0.4 is 11.5 Å². The molecule has 1 fully saturated rings. The normalized spacial score (nSPS) is 24.5. The summed E-state index contributed by atoms with van der Waals surface area (Å²) in [7, 11) is -3.39. The van der Waals surface area contributed by atoms with Crippen LogP contribution in [0.15, 0.2) is 0 Å². The fourth-order valence-electron chi connectivity index (χ4n) is 2.12. The first-order valence-electron chi connectivity index (χ1n) is 5.91. The third kappa shape index (κ3) is 3.17. The van der Waals surface area contributed by atoms with Crippen LogP contribution in [0.1, 0.15) is 26.2 Å². The van der Waals surface area contributed by atoms with E-state index in [1.165, 1.54) is 4.31 Å². The Labute approximate surface area is 102 Å². The molecule has 0 aromatic carbocycles. The first kappa shape index (κ1) is 14.4. The Kier molecular flexibility index (Phi) is 4.91. The number of piperidine rings is 1. The van der Waals surface area contributed by atoms with Crippen LogP contribution in [0, 0.1) is 5.92 Å². The fourth-order valence-corrected chi connectivity index (χ4v) is 3.97. The maximum Gasteiger partial charge on any atom is 0.221 e. The third-order valence-corrected chi connectivity index (χ3v) is 5.71. The standard InChI is InChI=1S/C10H21N3O3S/c1-2-9(6-11)17(15,16)13-5-3-4-8(7-13)10(12)14/h8-9H,2-7,11H2,1H3,(H2,12,14). The van der Waals surface area contributed by atoms with Crippen molar-refractivity contribution in [2.45, 2.75) is 31.4 Å². The number of carbonyl (C=O) groups is 1. The van der Waals surface area contributed by atoms with Crippen LogP contribution in [-0.4, -0.2) is 43.5 Å². The van der Waals surface area contributed by atoms with Gasteiger partial charge in [0.2, 0.25) is 15.9 Å². The summed E-state index contributed by atoms with van der Waals surface area (Å²) in [6, 6.07) is 0. The van der Waals surface area contributed by atoms with Crippen LogP contribution in [0.2, 0.25) is 0 Å². The van der Waals surface area contributed by atoms with E-state index >= 15 is 0 Å². The average molecular weight is 263 g/mol. The highest BCUT2D eigenvalue weighted by molar-refractivity contribution is 7.89. The molecule has 0 bridgehead atoms. The molecule has 1 saturated heterocycles. The Bertz CT molecular complexity index is 365. The Hall–Kier alpha value is -0.660. The molecule has 0 saturated carbocycles. The van der Waals surface area contributed by atoms with Crippen molar-refractivity contribution in [3.63, 3.8) is 0 Å². The number of hydrogen-bond acceptors (Lipinski definition) is 4. The second-order valence-corrected chi connectivity index (χ2v) is 6.62. The molecular formula is C10H21N3O3S. The highest BCUT2D eigenvalue weighted by atomic mass is 32.2. The van der Waals surface area contributed by atoms with Crippen molar-refractivity contribution in [1.29, 1.82) is 0 Å². The first-order chi connectivity index (χ1) is 7.93. The van der Waals surface area contributed by atoms with Gasteiger partial charge in [-0.3, -0.25) is 4.79 Å². The zero-order valence-electron chi connectivity index (χ0n) is 10.1. The summed E-state index contributed by atoms with van der Waals surface area (Å²) in [5.74, 6) is -0.792. The summed E-state index contributed by atoms with van der Waals surface area (Å²) in [5.41, 5.74) is 10.7. The van der Waals surface area contributed by atoms with E-state index in [0.717, 1.165) is 0 Å². The van der Waals surface area contributed by atoms with Crippen molar-refractivity contribution >= 4 is 15.9 Å². The van der Waals surface area contributed by atoms with Gasteiger partial charge in [-0.1, -0.05) is 6.92 Å². The second kappa shape index (κ2) is 5.79. The average Bonchev–Trinajstić information content (AvgIpc) is 2.30. The van der Waals surface area contributed by atoms with E-state index in [1.807, 2.05) is 0 Å². The van der Waals surface area contributed by atoms with Crippen LogP contribution in [0.3, 0.4) is 0 Å². The van der Waals surface area contributed by atoms with Crippen LogP contribution in [0.5, 0.6) is 0 Å². The molecule has 0 aromatic heterocycles. The summed E-state index contributed by atoms with van der Waals surface area (Å²) >= 11 is 0. The molecule has 4 N–H and O–H groups in total. The van der Waals surface area contributed by atoms with E-state index in [2.05, 4.69) is 0 Å². The van der Waals surface area contributed by atoms with Crippen molar-refractivity contribution in [3.8, 4) is 0 Å². The van der Waals surface area contributed by atoms with E-state index in [4.69, 9.17) is 11.5 Å². The summed E-state index contributed by atoms with van der Waals surface area (Å²) < 4.78 is 25.8. The maximum absolute atomic E-state index is 12.2. The molecular weight excluding hydrogens is 242 g/mol. The van der Waals surface area contributed by atoms with Gasteiger partial charge < -0.3 is 11.5 Å². The lowest BCUT2D eigenvalue weighted by Crippen LogP contribution is -2.48. The van der Waals surface area contributed by atoms with Crippen molar-refractivity contribution in [1.82, 2.24) is 4.31 Å². The smallest absolute Gasteiger partial charge is 0.221 e. The van der Waals surface area contributed by atoms with Gasteiger partial charge in [0.1, 0.15) is 0 Å². The molecule has 2 unspecified atom stereocenters. The molecule has 0 spiro atoms. The largest absolute Gasteiger partial charge is 0.369 e. The van der Waals surface area contributed by atoms with Gasteiger partial charge >= 0.3 is 0 Å². The highest BCUT2D eigenvalue weighted by Gasteiger charge is 2.35. The fraction of sp³-hybridized carbons (Fsp3) is 0.900. The predicted molar refractivity (Wildman–Crippen MR) is 65.5 cm³/mol. The van der Waals surface area contributed by atoms with Crippen LogP contribution in [0.25, 0.3) is 0 Å². The molecule has 1 rings (SSSR count). The van der Waals surface area contributed by atoms with Crippen molar-refractivity contribution in [2.75, 3.05) is 19.6 Å². The van der Waals surface area contributed by atoms with Gasteiger partial charge in [-0.25, -0.2) is 12.7 Å². The Morgan fingerprint density at radius 2 is 2.18 bits per heavy atom. The summed E-state index contributed by atoms with van der Waals surface area (Å²) in [6.07, 6.45) is 1.82. The Balaban J connectivity index is 2.81. The van der Waals surface area contributed by atoms with Crippen LogP contribution in [-0.2, 0) is 14.8 Å². The van der Waals surface area contributed by atoms with Gasteiger partial charge in [0, 0.05) is 19.6 Å². The van der Waals surface area contributed by atoms with Gasteiger partial charge in [-0.15, -0.1) is 0 Å². The first-order valence-corrected chi connectivity index (χ1v) is 7.42. The molecule has 0 radical (unpaired) electrons. The Morgan fingerprint density at radius 1 is 1.53 bits per heavy atom. The number of nitrogens with zero attached hydrogens (tertiary/aromatic N) is 1. The summed E-state index contributed by atoms with van der Waals surface area (Å²) in [5, 5.41) is -0.561. The van der Waals surface area contributed by atoms with Gasteiger partial charge in [-0.2, -0.15) is 0 Å². The van der Waals surface area contributed by atoms with E-state index in [1.54, 1.807) is 6.92 Å². The number of rotatable bonds is 5. The minimum Gasteiger partial charge on any atom is -0.369 e. The lowest BCUT2D eigenvalue weighted by atomic mass is 9.99. The van der Waals surface area contributed by atoms with E-state index in [0.29, 0.717) is 25.8 Å². The lowest BCUT2D eigenvalue weighted by molar-refractivity contribution is -0.122. The van der Waals surface area contributed by atoms with Gasteiger partial charge in [0.15, 0.2) is 0 Å². The van der Waals surface area contributed by atoms with Crippen molar-refractivity contribution in [2.24, 2.45) is 17.4 Å². The van der Waals surface area contributed by atoms with E-state index < -0.39 is 21.2 Å². The molecule has 1 aliphatic rings. The number of carbonyl (C=O) groups excluding carboxylic acids is 1. The maximum atomic E-state index is 12.2. The molecule has 0 aliphatic carbocycles. The quantitative estimate of drug-likeness (QED) is 0.680. The number of hydrogen-bond donors (Lipinski definition) is 2. The van der Waals surface area contributed by atoms with Crippen LogP contribution in [0.4, 0.5) is 0 Å².